The van der Waals surface area contributed by atoms with Crippen molar-refractivity contribution in [1.82, 2.24) is 5.32 Å². The Morgan fingerprint density at radius 2 is 1.94 bits per heavy atom. The highest BCUT2D eigenvalue weighted by atomic mass is 16.5. The van der Waals surface area contributed by atoms with Gasteiger partial charge in [-0.25, -0.2) is 0 Å². The van der Waals surface area contributed by atoms with Crippen LogP contribution in [0.4, 0.5) is 0 Å². The summed E-state index contributed by atoms with van der Waals surface area (Å²) in [5.74, 6) is -0.157. The summed E-state index contributed by atoms with van der Waals surface area (Å²) in [6, 6.07) is 9.72. The molecule has 98 valence electrons. The zero-order chi connectivity index (χ0) is 12.8. The molecule has 0 radical (unpaired) electrons. The van der Waals surface area contributed by atoms with Crippen LogP contribution in [0.5, 0.6) is 0 Å². The lowest BCUT2D eigenvalue weighted by Gasteiger charge is -2.34. The van der Waals surface area contributed by atoms with Gasteiger partial charge in [0.1, 0.15) is 6.61 Å². The molecule has 2 rings (SSSR count). The van der Waals surface area contributed by atoms with Crippen LogP contribution in [0, 0.1) is 5.41 Å². The van der Waals surface area contributed by atoms with Crippen LogP contribution in [0.25, 0.3) is 0 Å². The molecule has 1 heterocycles. The SMILES string of the molecule is NCC1(C(=O)OCc2ccccc2)CCNCC1. The molecule has 1 aliphatic rings. The molecule has 1 saturated heterocycles. The number of carbonyl (C=O) groups is 1. The molecule has 0 aliphatic carbocycles. The Hall–Kier alpha value is -1.39. The Balaban J connectivity index is 1.94. The van der Waals surface area contributed by atoms with Crippen molar-refractivity contribution < 1.29 is 9.53 Å². The molecule has 4 nitrogen and oxygen atoms in total. The number of carbonyl (C=O) groups excluding carboxylic acids is 1. The molecule has 0 saturated carbocycles. The second-order valence-corrected chi connectivity index (χ2v) is 4.80. The Labute approximate surface area is 108 Å². The quantitative estimate of drug-likeness (QED) is 0.782. The van der Waals surface area contributed by atoms with Gasteiger partial charge in [-0.15, -0.1) is 0 Å². The third kappa shape index (κ3) is 2.89. The van der Waals surface area contributed by atoms with E-state index in [0.717, 1.165) is 31.5 Å². The molecule has 0 atom stereocenters. The number of nitrogens with two attached hydrogens (primary N) is 1. The van der Waals surface area contributed by atoms with Gasteiger partial charge in [-0.1, -0.05) is 30.3 Å². The van der Waals surface area contributed by atoms with E-state index in [2.05, 4.69) is 5.32 Å². The lowest BCUT2D eigenvalue weighted by molar-refractivity contribution is -0.158. The summed E-state index contributed by atoms with van der Waals surface area (Å²) in [7, 11) is 0. The minimum atomic E-state index is -0.486. The molecule has 1 aromatic carbocycles. The highest BCUT2D eigenvalue weighted by molar-refractivity contribution is 5.77. The van der Waals surface area contributed by atoms with E-state index in [9.17, 15) is 4.79 Å². The average Bonchev–Trinajstić information content (AvgIpc) is 2.46. The first-order valence-corrected chi connectivity index (χ1v) is 6.39. The molecule has 18 heavy (non-hydrogen) atoms. The van der Waals surface area contributed by atoms with Gasteiger partial charge in [-0.05, 0) is 31.5 Å². The Kier molecular flexibility index (Phi) is 4.33. The zero-order valence-electron chi connectivity index (χ0n) is 10.5. The fourth-order valence-electron chi connectivity index (χ4n) is 2.27. The summed E-state index contributed by atoms with van der Waals surface area (Å²) in [4.78, 5) is 12.2. The van der Waals surface area contributed by atoms with E-state index in [1.807, 2.05) is 30.3 Å². The van der Waals surface area contributed by atoms with Gasteiger partial charge in [0.2, 0.25) is 0 Å². The lowest BCUT2D eigenvalue weighted by Crippen LogP contribution is -2.47. The van der Waals surface area contributed by atoms with Crippen molar-refractivity contribution in [2.45, 2.75) is 19.4 Å². The first-order valence-electron chi connectivity index (χ1n) is 6.39. The van der Waals surface area contributed by atoms with Crippen LogP contribution in [0.3, 0.4) is 0 Å². The van der Waals surface area contributed by atoms with Crippen LogP contribution in [-0.2, 0) is 16.1 Å². The van der Waals surface area contributed by atoms with Crippen LogP contribution < -0.4 is 11.1 Å². The molecular formula is C14H20N2O2. The summed E-state index contributed by atoms with van der Waals surface area (Å²) in [6.07, 6.45) is 1.52. The topological polar surface area (TPSA) is 64.4 Å². The summed E-state index contributed by atoms with van der Waals surface area (Å²) >= 11 is 0. The van der Waals surface area contributed by atoms with Gasteiger partial charge >= 0.3 is 5.97 Å². The van der Waals surface area contributed by atoms with Crippen LogP contribution >= 0.6 is 0 Å². The second-order valence-electron chi connectivity index (χ2n) is 4.80. The van der Waals surface area contributed by atoms with E-state index < -0.39 is 5.41 Å². The normalized spacial score (nSPS) is 18.3. The Morgan fingerprint density at radius 3 is 2.56 bits per heavy atom. The predicted octanol–water partition coefficient (Wildman–Crippen LogP) is 1.06. The number of rotatable bonds is 4. The van der Waals surface area contributed by atoms with E-state index in [1.165, 1.54) is 0 Å². The third-order valence-corrected chi connectivity index (χ3v) is 3.60. The summed E-state index contributed by atoms with van der Waals surface area (Å²) < 4.78 is 5.42. The molecule has 0 aromatic heterocycles. The average molecular weight is 248 g/mol. The Morgan fingerprint density at radius 1 is 1.28 bits per heavy atom. The maximum atomic E-state index is 12.2. The van der Waals surface area contributed by atoms with E-state index in [4.69, 9.17) is 10.5 Å². The first kappa shape index (κ1) is 13.1. The van der Waals surface area contributed by atoms with E-state index in [1.54, 1.807) is 0 Å². The molecular weight excluding hydrogens is 228 g/mol. The first-order chi connectivity index (χ1) is 8.77. The number of esters is 1. The highest BCUT2D eigenvalue weighted by Gasteiger charge is 2.39. The molecule has 1 fully saturated rings. The van der Waals surface area contributed by atoms with Gasteiger partial charge < -0.3 is 15.8 Å². The largest absolute Gasteiger partial charge is 0.460 e. The van der Waals surface area contributed by atoms with Gasteiger partial charge in [0.15, 0.2) is 0 Å². The molecule has 4 heteroatoms. The van der Waals surface area contributed by atoms with Gasteiger partial charge in [0, 0.05) is 6.54 Å². The van der Waals surface area contributed by atoms with Gasteiger partial charge in [-0.2, -0.15) is 0 Å². The standard InChI is InChI=1S/C14H20N2O2/c15-11-14(6-8-16-9-7-14)13(17)18-10-12-4-2-1-3-5-12/h1-5,16H,6-11,15H2. The summed E-state index contributed by atoms with van der Waals surface area (Å²) in [6.45, 7) is 2.35. The maximum absolute atomic E-state index is 12.2. The molecule has 0 bridgehead atoms. The fraction of sp³-hybridized carbons (Fsp3) is 0.500. The van der Waals surface area contributed by atoms with Crippen molar-refractivity contribution >= 4 is 5.97 Å². The van der Waals surface area contributed by atoms with E-state index in [0.29, 0.717) is 13.2 Å². The fourth-order valence-corrected chi connectivity index (χ4v) is 2.27. The molecule has 3 N–H and O–H groups in total. The summed E-state index contributed by atoms with van der Waals surface area (Å²) in [5.41, 5.74) is 6.30. The van der Waals surface area contributed by atoms with Crippen LogP contribution in [-0.4, -0.2) is 25.6 Å². The Bertz CT molecular complexity index is 386. The lowest BCUT2D eigenvalue weighted by atomic mass is 9.79. The second kappa shape index (κ2) is 5.98. The summed E-state index contributed by atoms with van der Waals surface area (Å²) in [5, 5.41) is 3.24. The minimum absolute atomic E-state index is 0.157. The van der Waals surface area contributed by atoms with Crippen molar-refractivity contribution in [3.8, 4) is 0 Å². The van der Waals surface area contributed by atoms with Crippen molar-refractivity contribution in [2.75, 3.05) is 19.6 Å². The van der Waals surface area contributed by atoms with Crippen LogP contribution in [0.1, 0.15) is 18.4 Å². The number of hydrogen-bond donors (Lipinski definition) is 2. The highest BCUT2D eigenvalue weighted by Crippen LogP contribution is 2.29. The van der Waals surface area contributed by atoms with Gasteiger partial charge in [-0.3, -0.25) is 4.79 Å². The smallest absolute Gasteiger partial charge is 0.313 e. The molecule has 0 unspecified atom stereocenters. The van der Waals surface area contributed by atoms with Crippen molar-refractivity contribution in [1.29, 1.82) is 0 Å². The number of benzene rings is 1. The molecule has 0 amide bonds. The van der Waals surface area contributed by atoms with Crippen molar-refractivity contribution in [3.63, 3.8) is 0 Å². The van der Waals surface area contributed by atoms with Gasteiger partial charge in [0.05, 0.1) is 5.41 Å². The monoisotopic (exact) mass is 248 g/mol. The van der Waals surface area contributed by atoms with Gasteiger partial charge in [0.25, 0.3) is 0 Å². The number of hydrogen-bond acceptors (Lipinski definition) is 4. The van der Waals surface area contributed by atoms with Crippen LogP contribution in [0.2, 0.25) is 0 Å². The number of ether oxygens (including phenoxy) is 1. The molecule has 0 spiro atoms. The number of nitrogens with one attached hydrogen (secondary N) is 1. The molecule has 1 aliphatic heterocycles. The van der Waals surface area contributed by atoms with Crippen molar-refractivity contribution in [3.05, 3.63) is 35.9 Å². The van der Waals surface area contributed by atoms with Crippen molar-refractivity contribution in [2.24, 2.45) is 11.1 Å². The van der Waals surface area contributed by atoms with E-state index >= 15 is 0 Å². The number of piperidine rings is 1. The van der Waals surface area contributed by atoms with E-state index in [-0.39, 0.29) is 5.97 Å². The third-order valence-electron chi connectivity index (χ3n) is 3.60. The molecule has 1 aromatic rings. The minimum Gasteiger partial charge on any atom is -0.460 e. The maximum Gasteiger partial charge on any atom is 0.313 e. The zero-order valence-corrected chi connectivity index (χ0v) is 10.5. The predicted molar refractivity (Wildman–Crippen MR) is 69.8 cm³/mol. The van der Waals surface area contributed by atoms with Crippen LogP contribution in [0.15, 0.2) is 30.3 Å².